The minimum atomic E-state index is -0.390. The van der Waals surface area contributed by atoms with Gasteiger partial charge < -0.3 is 20.1 Å². The highest BCUT2D eigenvalue weighted by Crippen LogP contribution is 2.25. The molecule has 0 radical (unpaired) electrons. The van der Waals surface area contributed by atoms with Gasteiger partial charge >= 0.3 is 5.69 Å². The third kappa shape index (κ3) is 3.79. The lowest BCUT2D eigenvalue weighted by Crippen LogP contribution is -2.37. The average Bonchev–Trinajstić information content (AvgIpc) is 3.09. The van der Waals surface area contributed by atoms with Crippen molar-refractivity contribution in [3.8, 4) is 11.5 Å². The number of aromatic nitrogens is 4. The van der Waals surface area contributed by atoms with Gasteiger partial charge in [-0.05, 0) is 44.0 Å². The molecule has 3 aromatic rings. The lowest BCUT2D eigenvalue weighted by molar-refractivity contribution is 0.402. The van der Waals surface area contributed by atoms with Gasteiger partial charge in [0.15, 0.2) is 22.7 Å². The van der Waals surface area contributed by atoms with Crippen molar-refractivity contribution in [3.63, 3.8) is 0 Å². The first-order valence-electron chi connectivity index (χ1n) is 9.14. The quantitative estimate of drug-likeness (QED) is 0.401. The van der Waals surface area contributed by atoms with Gasteiger partial charge in [-0.1, -0.05) is 6.07 Å². The van der Waals surface area contributed by atoms with E-state index in [4.69, 9.17) is 0 Å². The van der Waals surface area contributed by atoms with Crippen LogP contribution in [0, 0.1) is 0 Å². The number of phenols is 2. The Morgan fingerprint density at radius 1 is 1.14 bits per heavy atom. The molecule has 9 heteroatoms. The first kappa shape index (κ1) is 19.7. The van der Waals surface area contributed by atoms with Crippen LogP contribution in [0.15, 0.2) is 34.1 Å². The highest BCUT2D eigenvalue weighted by Gasteiger charge is 2.14. The SMILES string of the molecule is CC(Cc1ccc(O)c(O)c1)NCCCn1cnc2c1c(=O)n(C)c(=O)n2C. The molecule has 9 nitrogen and oxygen atoms in total. The standard InChI is InChI=1S/C19H25N5O4/c1-12(9-13-5-6-14(25)15(26)10-13)20-7-4-8-24-11-21-17-16(24)18(27)23(3)19(28)22(17)2/h5-6,10-12,20,25-26H,4,7-9H2,1-3H3. The predicted octanol–water partition coefficient (Wildman–Crippen LogP) is 0.456. The average molecular weight is 387 g/mol. The number of nitrogens with one attached hydrogen (secondary N) is 1. The lowest BCUT2D eigenvalue weighted by atomic mass is 10.1. The molecule has 0 amide bonds. The molecule has 2 heterocycles. The molecule has 1 aromatic carbocycles. The summed E-state index contributed by atoms with van der Waals surface area (Å²) in [6.45, 7) is 3.38. The molecule has 28 heavy (non-hydrogen) atoms. The Morgan fingerprint density at radius 3 is 2.61 bits per heavy atom. The molecular weight excluding hydrogens is 362 g/mol. The number of fused-ring (bicyclic) bond motifs is 1. The third-order valence-corrected chi connectivity index (χ3v) is 4.87. The van der Waals surface area contributed by atoms with Gasteiger partial charge in [-0.25, -0.2) is 9.78 Å². The molecule has 0 aliphatic carbocycles. The molecule has 0 saturated carbocycles. The highest BCUT2D eigenvalue weighted by molar-refractivity contribution is 5.69. The fraction of sp³-hybridized carbons (Fsp3) is 0.421. The number of hydrogen-bond donors (Lipinski definition) is 3. The van der Waals surface area contributed by atoms with E-state index in [1.807, 2.05) is 6.92 Å². The van der Waals surface area contributed by atoms with Crippen LogP contribution in [0.2, 0.25) is 0 Å². The Hall–Kier alpha value is -3.07. The zero-order chi connectivity index (χ0) is 20.4. The number of imidazole rings is 1. The van der Waals surface area contributed by atoms with Crippen molar-refractivity contribution < 1.29 is 10.2 Å². The van der Waals surface area contributed by atoms with Crippen molar-refractivity contribution in [2.24, 2.45) is 14.1 Å². The van der Waals surface area contributed by atoms with Gasteiger partial charge in [0, 0.05) is 26.7 Å². The van der Waals surface area contributed by atoms with Crippen molar-refractivity contribution in [2.45, 2.75) is 32.4 Å². The summed E-state index contributed by atoms with van der Waals surface area (Å²) in [7, 11) is 3.07. The van der Waals surface area contributed by atoms with E-state index in [0.717, 1.165) is 23.1 Å². The number of rotatable bonds is 7. The molecule has 1 unspecified atom stereocenters. The van der Waals surface area contributed by atoms with Gasteiger partial charge in [0.2, 0.25) is 0 Å². The Labute approximate surface area is 161 Å². The number of aromatic hydroxyl groups is 2. The third-order valence-electron chi connectivity index (χ3n) is 4.87. The molecular formula is C19H25N5O4. The zero-order valence-corrected chi connectivity index (χ0v) is 16.2. The van der Waals surface area contributed by atoms with Crippen LogP contribution in [0.25, 0.3) is 11.2 Å². The van der Waals surface area contributed by atoms with Gasteiger partial charge in [0.1, 0.15) is 0 Å². The lowest BCUT2D eigenvalue weighted by Gasteiger charge is -2.14. The second-order valence-corrected chi connectivity index (χ2v) is 7.05. The van der Waals surface area contributed by atoms with Crippen molar-refractivity contribution >= 4 is 11.2 Å². The van der Waals surface area contributed by atoms with E-state index in [1.165, 1.54) is 17.7 Å². The number of hydrogen-bond acceptors (Lipinski definition) is 6. The molecule has 3 rings (SSSR count). The van der Waals surface area contributed by atoms with Gasteiger partial charge in [-0.15, -0.1) is 0 Å². The van der Waals surface area contributed by atoms with Crippen molar-refractivity contribution in [3.05, 3.63) is 50.9 Å². The van der Waals surface area contributed by atoms with Crippen LogP contribution in [0.4, 0.5) is 0 Å². The molecule has 0 saturated heterocycles. The number of aryl methyl sites for hydroxylation is 2. The molecule has 0 fully saturated rings. The summed E-state index contributed by atoms with van der Waals surface area (Å²) in [5, 5.41) is 22.3. The maximum absolute atomic E-state index is 12.4. The fourth-order valence-corrected chi connectivity index (χ4v) is 3.29. The van der Waals surface area contributed by atoms with Crippen LogP contribution in [0.5, 0.6) is 11.5 Å². The molecule has 150 valence electrons. The van der Waals surface area contributed by atoms with Gasteiger partial charge in [-0.3, -0.25) is 13.9 Å². The molecule has 1 atom stereocenters. The van der Waals surface area contributed by atoms with Crippen molar-refractivity contribution in [1.29, 1.82) is 0 Å². The minimum absolute atomic E-state index is 0.118. The summed E-state index contributed by atoms with van der Waals surface area (Å²) in [6.07, 6.45) is 3.08. The molecule has 0 aliphatic rings. The van der Waals surface area contributed by atoms with E-state index in [-0.39, 0.29) is 23.1 Å². The van der Waals surface area contributed by atoms with Crippen LogP contribution in [0.1, 0.15) is 18.9 Å². The van der Waals surface area contributed by atoms with Gasteiger partial charge in [0.25, 0.3) is 5.56 Å². The van der Waals surface area contributed by atoms with E-state index in [0.29, 0.717) is 24.1 Å². The summed E-state index contributed by atoms with van der Waals surface area (Å²) in [5.41, 5.74) is 1.02. The topological polar surface area (TPSA) is 114 Å². The summed E-state index contributed by atoms with van der Waals surface area (Å²) in [5.74, 6) is -0.242. The van der Waals surface area contributed by atoms with Crippen LogP contribution in [0.3, 0.4) is 0 Å². The summed E-state index contributed by atoms with van der Waals surface area (Å²) in [4.78, 5) is 28.6. The van der Waals surface area contributed by atoms with Crippen molar-refractivity contribution in [2.75, 3.05) is 6.54 Å². The van der Waals surface area contributed by atoms with Crippen LogP contribution in [-0.4, -0.2) is 41.5 Å². The Bertz CT molecular complexity index is 1110. The number of nitrogens with zero attached hydrogens (tertiary/aromatic N) is 4. The summed E-state index contributed by atoms with van der Waals surface area (Å²) < 4.78 is 4.25. The summed E-state index contributed by atoms with van der Waals surface area (Å²) >= 11 is 0. The van der Waals surface area contributed by atoms with E-state index < -0.39 is 5.69 Å². The Balaban J connectivity index is 1.59. The molecule has 0 spiro atoms. The second-order valence-electron chi connectivity index (χ2n) is 7.05. The first-order valence-corrected chi connectivity index (χ1v) is 9.14. The largest absolute Gasteiger partial charge is 0.504 e. The minimum Gasteiger partial charge on any atom is -0.504 e. The fourth-order valence-electron chi connectivity index (χ4n) is 3.29. The predicted molar refractivity (Wildman–Crippen MR) is 106 cm³/mol. The number of benzene rings is 1. The second kappa shape index (κ2) is 7.89. The monoisotopic (exact) mass is 387 g/mol. The highest BCUT2D eigenvalue weighted by atomic mass is 16.3. The molecule has 0 bridgehead atoms. The maximum Gasteiger partial charge on any atom is 0.332 e. The van der Waals surface area contributed by atoms with Crippen molar-refractivity contribution in [1.82, 2.24) is 24.0 Å². The Morgan fingerprint density at radius 2 is 1.89 bits per heavy atom. The summed E-state index contributed by atoms with van der Waals surface area (Å²) in [6, 6.07) is 5.00. The van der Waals surface area contributed by atoms with Gasteiger partial charge in [-0.2, -0.15) is 0 Å². The van der Waals surface area contributed by atoms with E-state index >= 15 is 0 Å². The first-order chi connectivity index (χ1) is 13.3. The normalized spacial score (nSPS) is 12.5. The molecule has 2 aromatic heterocycles. The zero-order valence-electron chi connectivity index (χ0n) is 16.2. The van der Waals surface area contributed by atoms with E-state index in [1.54, 1.807) is 30.1 Å². The van der Waals surface area contributed by atoms with E-state index in [2.05, 4.69) is 10.3 Å². The van der Waals surface area contributed by atoms with Crippen LogP contribution < -0.4 is 16.6 Å². The molecule has 3 N–H and O–H groups in total. The molecule has 0 aliphatic heterocycles. The van der Waals surface area contributed by atoms with Crippen LogP contribution >= 0.6 is 0 Å². The van der Waals surface area contributed by atoms with Gasteiger partial charge in [0.05, 0.1) is 6.33 Å². The smallest absolute Gasteiger partial charge is 0.332 e. The Kier molecular flexibility index (Phi) is 5.55. The van der Waals surface area contributed by atoms with E-state index in [9.17, 15) is 19.8 Å². The maximum atomic E-state index is 12.4. The van der Waals surface area contributed by atoms with Crippen LogP contribution in [-0.2, 0) is 27.1 Å². The number of phenolic OH excluding ortho intramolecular Hbond substituents is 2.